The number of fused-ring (bicyclic) bond motifs is 2. The largest absolute Gasteiger partial charge is 0.361 e. The van der Waals surface area contributed by atoms with Gasteiger partial charge >= 0.3 is 0 Å². The first-order valence-electron chi connectivity index (χ1n) is 8.78. The van der Waals surface area contributed by atoms with E-state index in [9.17, 15) is 0 Å². The van der Waals surface area contributed by atoms with Crippen LogP contribution >= 0.6 is 15.9 Å². The number of halogens is 1. The number of rotatable bonds is 5. The highest BCUT2D eigenvalue weighted by molar-refractivity contribution is 9.10. The molecule has 2 saturated heterocycles. The van der Waals surface area contributed by atoms with Gasteiger partial charge in [0.05, 0.1) is 11.4 Å². The molecule has 0 N–H and O–H groups in total. The van der Waals surface area contributed by atoms with Crippen LogP contribution in [0.1, 0.15) is 42.3 Å². The van der Waals surface area contributed by atoms with E-state index in [0.717, 1.165) is 47.8 Å². The highest BCUT2D eigenvalue weighted by atomic mass is 79.9. The summed E-state index contributed by atoms with van der Waals surface area (Å²) in [5, 5.41) is 4.27. The summed E-state index contributed by atoms with van der Waals surface area (Å²) in [6.07, 6.45) is 5.69. The van der Waals surface area contributed by atoms with Gasteiger partial charge in [0.25, 0.3) is 0 Å². The van der Waals surface area contributed by atoms with Crippen LogP contribution in [0.25, 0.3) is 0 Å². The van der Waals surface area contributed by atoms with Crippen LogP contribution in [0.3, 0.4) is 0 Å². The van der Waals surface area contributed by atoms with Crippen molar-refractivity contribution in [1.29, 1.82) is 0 Å². The zero-order valence-corrected chi connectivity index (χ0v) is 15.2. The molecule has 2 bridgehead atoms. The van der Waals surface area contributed by atoms with Crippen LogP contribution in [0.15, 0.2) is 33.4 Å². The molecule has 4 heterocycles. The Kier molecular flexibility index (Phi) is 3.72. The summed E-state index contributed by atoms with van der Waals surface area (Å²) in [6, 6.07) is 7.66. The fourth-order valence-corrected chi connectivity index (χ4v) is 4.33. The zero-order valence-electron chi connectivity index (χ0n) is 13.6. The Hall–Kier alpha value is -1.24. The van der Waals surface area contributed by atoms with Crippen LogP contribution in [-0.4, -0.2) is 45.1 Å². The molecule has 3 aliphatic rings. The van der Waals surface area contributed by atoms with Gasteiger partial charge in [-0.05, 0) is 47.3 Å². The molecular formula is C18H21BrN4O. The van der Waals surface area contributed by atoms with Gasteiger partial charge in [-0.3, -0.25) is 14.8 Å². The van der Waals surface area contributed by atoms with Crippen LogP contribution in [0.5, 0.6) is 0 Å². The molecule has 0 radical (unpaired) electrons. The summed E-state index contributed by atoms with van der Waals surface area (Å²) in [6.45, 7) is 4.16. The number of piperazine rings is 1. The van der Waals surface area contributed by atoms with E-state index in [2.05, 4.69) is 54.1 Å². The smallest absolute Gasteiger partial charge is 0.140 e. The van der Waals surface area contributed by atoms with Crippen LogP contribution in [0, 0.1) is 0 Å². The molecule has 1 aliphatic carbocycles. The number of aromatic nitrogens is 2. The number of pyridine rings is 1. The lowest BCUT2D eigenvalue weighted by atomic mass is 10.2. The van der Waals surface area contributed by atoms with Crippen molar-refractivity contribution in [2.75, 3.05) is 13.1 Å². The molecule has 0 aromatic carbocycles. The Morgan fingerprint density at radius 2 is 1.83 bits per heavy atom. The van der Waals surface area contributed by atoms with E-state index in [1.807, 2.05) is 6.20 Å². The Morgan fingerprint density at radius 3 is 2.46 bits per heavy atom. The van der Waals surface area contributed by atoms with Crippen LogP contribution in [-0.2, 0) is 13.1 Å². The number of nitrogens with zero attached hydrogens (tertiary/aromatic N) is 4. The van der Waals surface area contributed by atoms with Crippen molar-refractivity contribution >= 4 is 15.9 Å². The van der Waals surface area contributed by atoms with E-state index in [4.69, 9.17) is 4.52 Å². The quantitative estimate of drug-likeness (QED) is 0.786. The molecule has 1 saturated carbocycles. The maximum absolute atomic E-state index is 5.49. The van der Waals surface area contributed by atoms with Crippen molar-refractivity contribution < 1.29 is 4.52 Å². The second-order valence-electron chi connectivity index (χ2n) is 7.36. The normalized spacial score (nSPS) is 27.2. The van der Waals surface area contributed by atoms with Gasteiger partial charge in [0, 0.05) is 60.9 Å². The minimum atomic E-state index is 0.645. The third-order valence-corrected chi connectivity index (χ3v) is 6.01. The lowest BCUT2D eigenvalue weighted by molar-refractivity contribution is 0.115. The molecule has 0 spiro atoms. The first-order chi connectivity index (χ1) is 11.7. The van der Waals surface area contributed by atoms with Crippen molar-refractivity contribution in [3.63, 3.8) is 0 Å². The highest BCUT2D eigenvalue weighted by Gasteiger charge is 2.43. The van der Waals surface area contributed by atoms with Gasteiger partial charge in [-0.25, -0.2) is 0 Å². The Bertz CT molecular complexity index is 727. The SMILES string of the molecule is Brc1ccc(CN2CC3CC2CN3Cc2cc(C3CC3)on2)nc1. The molecule has 2 atom stereocenters. The molecule has 126 valence electrons. The van der Waals surface area contributed by atoms with Gasteiger partial charge in [0.1, 0.15) is 5.76 Å². The minimum absolute atomic E-state index is 0.645. The van der Waals surface area contributed by atoms with E-state index in [1.54, 1.807) is 0 Å². The van der Waals surface area contributed by atoms with E-state index < -0.39 is 0 Å². The van der Waals surface area contributed by atoms with Crippen molar-refractivity contribution in [2.24, 2.45) is 0 Å². The van der Waals surface area contributed by atoms with Crippen LogP contribution < -0.4 is 0 Å². The fraction of sp³-hybridized carbons (Fsp3) is 0.556. The molecule has 5 rings (SSSR count). The molecule has 2 unspecified atom stereocenters. The zero-order chi connectivity index (χ0) is 16.1. The molecule has 5 nitrogen and oxygen atoms in total. The van der Waals surface area contributed by atoms with Crippen molar-refractivity contribution in [3.8, 4) is 0 Å². The predicted molar refractivity (Wildman–Crippen MR) is 93.4 cm³/mol. The molecule has 3 fully saturated rings. The Morgan fingerprint density at radius 1 is 1.08 bits per heavy atom. The van der Waals surface area contributed by atoms with Gasteiger partial charge in [0.15, 0.2) is 0 Å². The van der Waals surface area contributed by atoms with Gasteiger partial charge in [0.2, 0.25) is 0 Å². The molecule has 6 heteroatoms. The van der Waals surface area contributed by atoms with Gasteiger partial charge in [-0.15, -0.1) is 0 Å². The van der Waals surface area contributed by atoms with Crippen molar-refractivity contribution in [1.82, 2.24) is 19.9 Å². The van der Waals surface area contributed by atoms with Crippen LogP contribution in [0.2, 0.25) is 0 Å². The lowest BCUT2D eigenvalue weighted by Gasteiger charge is -2.33. The average Bonchev–Trinajstić information content (AvgIpc) is 3.02. The first kappa shape index (κ1) is 15.0. The van der Waals surface area contributed by atoms with Crippen molar-refractivity contribution in [2.45, 2.75) is 50.4 Å². The monoisotopic (exact) mass is 388 g/mol. The summed E-state index contributed by atoms with van der Waals surface area (Å²) in [7, 11) is 0. The Balaban J connectivity index is 1.19. The Labute approximate surface area is 150 Å². The molecule has 0 amide bonds. The summed E-state index contributed by atoms with van der Waals surface area (Å²) in [4.78, 5) is 9.67. The first-order valence-corrected chi connectivity index (χ1v) is 9.58. The minimum Gasteiger partial charge on any atom is -0.361 e. The maximum Gasteiger partial charge on any atom is 0.140 e. The number of likely N-dealkylation sites (tertiary alicyclic amines) is 2. The third-order valence-electron chi connectivity index (χ3n) is 5.54. The molecule has 2 aromatic heterocycles. The predicted octanol–water partition coefficient (Wildman–Crippen LogP) is 3.17. The summed E-state index contributed by atoms with van der Waals surface area (Å²) in [5.41, 5.74) is 2.26. The van der Waals surface area contributed by atoms with Crippen molar-refractivity contribution in [3.05, 3.63) is 46.0 Å². The second kappa shape index (κ2) is 5.93. The molecule has 24 heavy (non-hydrogen) atoms. The van der Waals surface area contributed by atoms with Gasteiger partial charge in [-0.1, -0.05) is 5.16 Å². The molecule has 2 aromatic rings. The summed E-state index contributed by atoms with van der Waals surface area (Å²) < 4.78 is 6.53. The second-order valence-corrected chi connectivity index (χ2v) is 8.28. The van der Waals surface area contributed by atoms with E-state index in [0.29, 0.717) is 18.0 Å². The fourth-order valence-electron chi connectivity index (χ4n) is 4.10. The number of hydrogen-bond donors (Lipinski definition) is 0. The topological polar surface area (TPSA) is 45.4 Å². The standard InChI is InChI=1S/C18H21BrN4O/c19-13-3-4-14(20-7-13)8-22-10-17-6-16(22)11-23(17)9-15-5-18(24-21-15)12-1-2-12/h3-5,7,12,16-17H,1-2,6,8-11H2. The lowest BCUT2D eigenvalue weighted by Crippen LogP contribution is -2.45. The van der Waals surface area contributed by atoms with E-state index in [-0.39, 0.29) is 0 Å². The summed E-state index contributed by atoms with van der Waals surface area (Å²) in [5.74, 6) is 1.74. The number of hydrogen-bond acceptors (Lipinski definition) is 5. The molecule has 2 aliphatic heterocycles. The van der Waals surface area contributed by atoms with E-state index in [1.165, 1.54) is 19.3 Å². The van der Waals surface area contributed by atoms with Gasteiger partial charge in [-0.2, -0.15) is 0 Å². The third kappa shape index (κ3) is 2.91. The molecular weight excluding hydrogens is 368 g/mol. The van der Waals surface area contributed by atoms with Crippen LogP contribution in [0.4, 0.5) is 0 Å². The average molecular weight is 389 g/mol. The van der Waals surface area contributed by atoms with E-state index >= 15 is 0 Å². The summed E-state index contributed by atoms with van der Waals surface area (Å²) >= 11 is 3.45. The maximum atomic E-state index is 5.49. The highest BCUT2D eigenvalue weighted by Crippen LogP contribution is 2.40. The van der Waals surface area contributed by atoms with Gasteiger partial charge < -0.3 is 4.52 Å².